The van der Waals surface area contributed by atoms with Crippen LogP contribution in [-0.4, -0.2) is 52.5 Å². The van der Waals surface area contributed by atoms with Gasteiger partial charge in [-0.15, -0.1) is 11.3 Å². The van der Waals surface area contributed by atoms with Crippen molar-refractivity contribution in [2.75, 3.05) is 32.7 Å². The molecule has 0 bridgehead atoms. The zero-order valence-electron chi connectivity index (χ0n) is 15.5. The molecule has 136 valence electrons. The first-order chi connectivity index (χ1) is 12.1. The van der Waals surface area contributed by atoms with Gasteiger partial charge in [0.25, 0.3) is 5.56 Å². The summed E-state index contributed by atoms with van der Waals surface area (Å²) >= 11 is 1.74. The monoisotopic (exact) mass is 360 g/mol. The summed E-state index contributed by atoms with van der Waals surface area (Å²) in [6.45, 7) is 12.1. The van der Waals surface area contributed by atoms with E-state index < -0.39 is 0 Å². The molecule has 6 heteroatoms. The van der Waals surface area contributed by atoms with Crippen LogP contribution in [0.5, 0.6) is 0 Å². The van der Waals surface area contributed by atoms with Gasteiger partial charge in [-0.2, -0.15) is 0 Å². The summed E-state index contributed by atoms with van der Waals surface area (Å²) in [4.78, 5) is 28.0. The van der Waals surface area contributed by atoms with Crippen LogP contribution in [0.15, 0.2) is 4.79 Å². The molecular formula is C19H28N4OS. The molecule has 1 aliphatic heterocycles. The summed E-state index contributed by atoms with van der Waals surface area (Å²) < 4.78 is 0. The highest BCUT2D eigenvalue weighted by Crippen LogP contribution is 2.36. The fraction of sp³-hybridized carbons (Fsp3) is 0.684. The molecule has 4 rings (SSSR count). The Bertz CT molecular complexity index is 819. The Hall–Kier alpha value is -1.24. The van der Waals surface area contributed by atoms with Crippen molar-refractivity contribution in [2.24, 2.45) is 5.92 Å². The normalized spacial score (nSPS) is 23.7. The zero-order chi connectivity index (χ0) is 17.6. The van der Waals surface area contributed by atoms with E-state index in [9.17, 15) is 4.79 Å². The van der Waals surface area contributed by atoms with E-state index in [0.29, 0.717) is 5.92 Å². The van der Waals surface area contributed by atoms with E-state index in [0.717, 1.165) is 61.6 Å². The number of nitrogens with one attached hydrogen (secondary N) is 1. The third-order valence-corrected chi connectivity index (χ3v) is 7.13. The van der Waals surface area contributed by atoms with Crippen molar-refractivity contribution in [3.8, 4) is 0 Å². The summed E-state index contributed by atoms with van der Waals surface area (Å²) in [5, 5.41) is 0.860. The van der Waals surface area contributed by atoms with Crippen LogP contribution in [0.2, 0.25) is 0 Å². The molecule has 1 N–H and O–H groups in total. The lowest BCUT2D eigenvalue weighted by molar-refractivity contribution is 0.103. The van der Waals surface area contributed by atoms with Crippen molar-refractivity contribution in [1.82, 2.24) is 19.8 Å². The summed E-state index contributed by atoms with van der Waals surface area (Å²) in [6.07, 6.45) is 3.30. The molecule has 2 aromatic heterocycles. The number of nitrogens with zero attached hydrogens (tertiary/aromatic N) is 3. The molecule has 0 radical (unpaired) electrons. The average Bonchev–Trinajstić information content (AvgIpc) is 2.98. The lowest BCUT2D eigenvalue weighted by atomic mass is 9.89. The van der Waals surface area contributed by atoms with E-state index in [1.807, 2.05) is 0 Å². The number of piperazine rings is 1. The average molecular weight is 361 g/mol. The highest BCUT2D eigenvalue weighted by atomic mass is 32.1. The van der Waals surface area contributed by atoms with Gasteiger partial charge in [0.15, 0.2) is 0 Å². The minimum Gasteiger partial charge on any atom is -0.309 e. The highest BCUT2D eigenvalue weighted by Gasteiger charge is 2.26. The maximum absolute atomic E-state index is 12.8. The fourth-order valence-electron chi connectivity index (χ4n) is 4.20. The van der Waals surface area contributed by atoms with Crippen LogP contribution in [0.3, 0.4) is 0 Å². The van der Waals surface area contributed by atoms with Crippen molar-refractivity contribution in [1.29, 1.82) is 0 Å². The summed E-state index contributed by atoms with van der Waals surface area (Å²) in [5.74, 6) is 1.54. The first-order valence-corrected chi connectivity index (χ1v) is 10.4. The van der Waals surface area contributed by atoms with Crippen molar-refractivity contribution in [3.63, 3.8) is 0 Å². The topological polar surface area (TPSA) is 52.2 Å². The second kappa shape index (κ2) is 6.82. The van der Waals surface area contributed by atoms with Crippen LogP contribution in [0, 0.1) is 5.92 Å². The molecule has 1 aliphatic carbocycles. The molecule has 0 spiro atoms. The van der Waals surface area contributed by atoms with E-state index >= 15 is 0 Å². The Morgan fingerprint density at radius 2 is 2.08 bits per heavy atom. The van der Waals surface area contributed by atoms with E-state index in [4.69, 9.17) is 4.98 Å². The first kappa shape index (κ1) is 17.2. The molecule has 25 heavy (non-hydrogen) atoms. The Kier molecular flexibility index (Phi) is 4.69. The van der Waals surface area contributed by atoms with Crippen molar-refractivity contribution in [3.05, 3.63) is 26.6 Å². The molecule has 1 saturated heterocycles. The van der Waals surface area contributed by atoms with E-state index in [-0.39, 0.29) is 11.6 Å². The van der Waals surface area contributed by atoms with Crippen molar-refractivity contribution < 1.29 is 0 Å². The maximum atomic E-state index is 12.8. The van der Waals surface area contributed by atoms with E-state index in [2.05, 4.69) is 35.6 Å². The molecule has 5 nitrogen and oxygen atoms in total. The standard InChI is InChI=1S/C19H28N4OS/c1-4-22-7-9-23(10-8-22)13(3)17-20-18(24)16-14-6-5-12(2)11-15(14)25-19(16)21-17/h12-13H,4-11H2,1-3H3,(H,20,21,24)/t12-,13-/m0/s1. The minimum absolute atomic E-state index is 0.0612. The van der Waals surface area contributed by atoms with Crippen molar-refractivity contribution >= 4 is 21.6 Å². The Labute approximate surface area is 153 Å². The molecule has 0 unspecified atom stereocenters. The van der Waals surface area contributed by atoms with Gasteiger partial charge in [0.1, 0.15) is 10.7 Å². The molecule has 1 fully saturated rings. The number of likely N-dealkylation sites (N-methyl/N-ethyl adjacent to an activating group) is 1. The van der Waals surface area contributed by atoms with Crippen molar-refractivity contribution in [2.45, 2.75) is 46.1 Å². The van der Waals surface area contributed by atoms with E-state index in [1.54, 1.807) is 11.3 Å². The smallest absolute Gasteiger partial charge is 0.259 e. The lowest BCUT2D eigenvalue weighted by Gasteiger charge is -2.37. The molecule has 0 aromatic carbocycles. The maximum Gasteiger partial charge on any atom is 0.259 e. The Balaban J connectivity index is 1.64. The van der Waals surface area contributed by atoms with Crippen LogP contribution in [0.1, 0.15) is 49.5 Å². The number of fused-ring (bicyclic) bond motifs is 3. The number of H-pyrrole nitrogens is 1. The summed E-state index contributed by atoms with van der Waals surface area (Å²) in [5.41, 5.74) is 1.33. The molecule has 2 aliphatic rings. The number of hydrogen-bond donors (Lipinski definition) is 1. The van der Waals surface area contributed by atoms with Gasteiger partial charge in [0.05, 0.1) is 11.4 Å². The number of rotatable bonds is 3. The van der Waals surface area contributed by atoms with Crippen LogP contribution in [-0.2, 0) is 12.8 Å². The number of aromatic amines is 1. The fourth-order valence-corrected chi connectivity index (χ4v) is 5.59. The van der Waals surface area contributed by atoms with Gasteiger partial charge in [0.2, 0.25) is 0 Å². The van der Waals surface area contributed by atoms with Gasteiger partial charge in [-0.05, 0) is 44.2 Å². The molecular weight excluding hydrogens is 332 g/mol. The zero-order valence-corrected chi connectivity index (χ0v) is 16.3. The molecule has 3 heterocycles. The molecule has 0 amide bonds. The van der Waals surface area contributed by atoms with Gasteiger partial charge in [0, 0.05) is 31.1 Å². The third kappa shape index (κ3) is 3.15. The largest absolute Gasteiger partial charge is 0.309 e. The summed E-state index contributed by atoms with van der Waals surface area (Å²) in [7, 11) is 0. The minimum atomic E-state index is 0.0612. The Morgan fingerprint density at radius 3 is 2.80 bits per heavy atom. The van der Waals surface area contributed by atoms with Gasteiger partial charge >= 0.3 is 0 Å². The Morgan fingerprint density at radius 1 is 1.32 bits per heavy atom. The second-order valence-electron chi connectivity index (χ2n) is 7.63. The number of aryl methyl sites for hydroxylation is 1. The van der Waals surface area contributed by atoms with Gasteiger partial charge < -0.3 is 9.88 Å². The SMILES string of the molecule is CCN1CCN([C@@H](C)c2nc3sc4c(c3c(=O)[nH]2)CC[C@H](C)C4)CC1. The predicted octanol–water partition coefficient (Wildman–Crippen LogP) is 2.81. The number of thiophene rings is 1. The van der Waals surface area contributed by atoms with Crippen LogP contribution >= 0.6 is 11.3 Å². The van der Waals surface area contributed by atoms with Gasteiger partial charge in [-0.25, -0.2) is 4.98 Å². The summed E-state index contributed by atoms with van der Waals surface area (Å²) in [6, 6.07) is 0.161. The van der Waals surface area contributed by atoms with Gasteiger partial charge in [-0.3, -0.25) is 9.69 Å². The number of hydrogen-bond acceptors (Lipinski definition) is 5. The molecule has 2 aromatic rings. The van der Waals surface area contributed by atoms with E-state index in [1.165, 1.54) is 16.9 Å². The number of aromatic nitrogens is 2. The van der Waals surface area contributed by atoms with Gasteiger partial charge in [-0.1, -0.05) is 13.8 Å². The molecule has 0 saturated carbocycles. The van der Waals surface area contributed by atoms with Crippen LogP contribution in [0.25, 0.3) is 10.2 Å². The lowest BCUT2D eigenvalue weighted by Crippen LogP contribution is -2.47. The third-order valence-electron chi connectivity index (χ3n) is 5.98. The first-order valence-electron chi connectivity index (χ1n) is 9.57. The highest BCUT2D eigenvalue weighted by molar-refractivity contribution is 7.18. The quantitative estimate of drug-likeness (QED) is 0.914. The molecule has 2 atom stereocenters. The predicted molar refractivity (Wildman–Crippen MR) is 104 cm³/mol. The second-order valence-corrected chi connectivity index (χ2v) is 8.71. The van der Waals surface area contributed by atoms with Crippen LogP contribution in [0.4, 0.5) is 0 Å². The van der Waals surface area contributed by atoms with Crippen LogP contribution < -0.4 is 5.56 Å².